The van der Waals surface area contributed by atoms with E-state index in [9.17, 15) is 24.3 Å². The van der Waals surface area contributed by atoms with Crippen LogP contribution in [-0.4, -0.2) is 171 Å². The van der Waals surface area contributed by atoms with E-state index in [1.807, 2.05) is 110 Å². The van der Waals surface area contributed by atoms with Gasteiger partial charge in [0, 0.05) is 45.2 Å². The molecule has 1 amide bonds. The minimum Gasteiger partial charge on any atom is -0.461 e. The van der Waals surface area contributed by atoms with Gasteiger partial charge in [-0.3, -0.25) is 4.79 Å². The van der Waals surface area contributed by atoms with Crippen LogP contribution in [0.15, 0.2) is 91.0 Å². The Balaban J connectivity index is 1.37. The summed E-state index contributed by atoms with van der Waals surface area (Å²) in [5, 5.41) is 14.6. The Morgan fingerprint density at radius 2 is 1.40 bits per heavy atom. The molecule has 18 nitrogen and oxygen atoms in total. The number of carbonyl (C=O) groups is 4. The number of piperidine rings is 1. The van der Waals surface area contributed by atoms with Crippen molar-refractivity contribution < 1.29 is 71.7 Å². The molecule has 0 bridgehead atoms. The SMILES string of the molecule is CO[C@](C)(C[C@@H](C)CNC1(CO)CCN(C(=O)OC(C)(C)C)CC1)[C@H](O[C@@H]1O[C@H](C)C[C@H](N(C)C)[C@H]1OC(=O)c1ccccc1)[C@@H](C)[C@H](O[C@H]1C[C@@](C)(OC)[C@@H](OC(=O)c2ccccc2)[C@H](C)O1)[C@@H](C)C(=O)OCc1ccccc1. The summed E-state index contributed by atoms with van der Waals surface area (Å²) in [5.41, 5.74) is -2.05. The maximum Gasteiger partial charge on any atom is 0.410 e. The molecule has 0 unspecified atom stereocenters. The summed E-state index contributed by atoms with van der Waals surface area (Å²) in [7, 11) is 7.02. The fourth-order valence-electron chi connectivity index (χ4n) is 11.4. The average molecular weight is 1120 g/mol. The van der Waals surface area contributed by atoms with Gasteiger partial charge in [0.05, 0.1) is 59.7 Å². The normalized spacial score (nSPS) is 26.9. The molecule has 3 aromatic rings. The highest BCUT2D eigenvalue weighted by molar-refractivity contribution is 5.90. The number of carbonyl (C=O) groups excluding carboxylic acids is 4. The summed E-state index contributed by atoms with van der Waals surface area (Å²) in [6.45, 7) is 20.0. The van der Waals surface area contributed by atoms with Gasteiger partial charge >= 0.3 is 24.0 Å². The number of likely N-dealkylation sites (N-methyl/N-ethyl adjacent to an activating group) is 1. The smallest absolute Gasteiger partial charge is 0.410 e. The Hall–Kier alpha value is -5.02. The Kier molecular flexibility index (Phi) is 22.7. The van der Waals surface area contributed by atoms with Crippen LogP contribution in [0, 0.1) is 17.8 Å². The zero-order valence-corrected chi connectivity index (χ0v) is 49.7. The van der Waals surface area contributed by atoms with Crippen molar-refractivity contribution in [1.29, 1.82) is 0 Å². The molecule has 3 aliphatic heterocycles. The fourth-order valence-corrected chi connectivity index (χ4v) is 11.4. The number of rotatable bonds is 24. The van der Waals surface area contributed by atoms with Crippen molar-refractivity contribution in [1.82, 2.24) is 15.1 Å². The Labute approximate surface area is 474 Å². The largest absolute Gasteiger partial charge is 0.461 e. The molecular weight excluding hydrogens is 1030 g/mol. The second-order valence-electron chi connectivity index (χ2n) is 24.0. The Bertz CT molecular complexity index is 2420. The highest BCUT2D eigenvalue weighted by Gasteiger charge is 2.54. The van der Waals surface area contributed by atoms with E-state index >= 15 is 0 Å². The van der Waals surface area contributed by atoms with E-state index in [1.54, 1.807) is 81.5 Å². The van der Waals surface area contributed by atoms with Crippen molar-refractivity contribution in [2.45, 2.75) is 186 Å². The minimum absolute atomic E-state index is 0.0149. The monoisotopic (exact) mass is 1120 g/mol. The molecule has 0 radical (unpaired) electrons. The average Bonchev–Trinajstić information content (AvgIpc) is 3.43. The van der Waals surface area contributed by atoms with Crippen LogP contribution in [0.3, 0.4) is 0 Å². The number of aliphatic hydroxyl groups excluding tert-OH is 1. The van der Waals surface area contributed by atoms with E-state index in [0.29, 0.717) is 56.4 Å². The molecule has 3 fully saturated rings. The van der Waals surface area contributed by atoms with Gasteiger partial charge < -0.3 is 67.6 Å². The Morgan fingerprint density at radius 3 is 1.94 bits per heavy atom. The van der Waals surface area contributed by atoms with Crippen LogP contribution in [0.25, 0.3) is 0 Å². The van der Waals surface area contributed by atoms with Crippen molar-refractivity contribution in [3.63, 3.8) is 0 Å². The van der Waals surface area contributed by atoms with Crippen LogP contribution in [0.2, 0.25) is 0 Å². The number of esters is 3. The van der Waals surface area contributed by atoms with E-state index < -0.39 is 95.2 Å². The van der Waals surface area contributed by atoms with E-state index in [4.69, 9.17) is 47.4 Å². The molecule has 3 aliphatic rings. The summed E-state index contributed by atoms with van der Waals surface area (Å²) in [6.07, 6.45) is -5.38. The molecule has 3 aromatic carbocycles. The summed E-state index contributed by atoms with van der Waals surface area (Å²) < 4.78 is 65.1. The number of hydrogen-bond acceptors (Lipinski definition) is 17. The molecule has 3 heterocycles. The summed E-state index contributed by atoms with van der Waals surface area (Å²) >= 11 is 0. The van der Waals surface area contributed by atoms with Gasteiger partial charge in [-0.2, -0.15) is 0 Å². The van der Waals surface area contributed by atoms with Gasteiger partial charge in [0.25, 0.3) is 0 Å². The standard InChI is InChI=1S/C62H91N3O15/c1-40(37-63-62(39-66)30-32-65(33-31-62)58(70)80-59(6,7)8)35-60(9,71-13)52(79-57-51(48(64(11)12)34-41(2)74-57)77-55(68)46-26-20-16-21-27-46)42(3)50(43(4)54(67)73-38-45-24-18-15-19-25-45)76-49-36-61(10,72-14)53(44(5)75-49)78-56(69)47-28-22-17-23-29-47/h15-29,40-44,48-53,57,63,66H,30-39H2,1-14H3/t40-,41-,42+,43-,44+,48+,49+,50+,51-,52-,53+,57+,60-,61-/m1/s1. The van der Waals surface area contributed by atoms with Crippen LogP contribution < -0.4 is 5.32 Å². The molecule has 444 valence electrons. The lowest BCUT2D eigenvalue weighted by molar-refractivity contribution is -0.318. The molecule has 0 aromatic heterocycles. The van der Waals surface area contributed by atoms with Gasteiger partial charge in [-0.25, -0.2) is 14.4 Å². The number of likely N-dealkylation sites (tertiary alicyclic amines) is 1. The molecule has 14 atom stereocenters. The topological polar surface area (TPSA) is 199 Å². The van der Waals surface area contributed by atoms with Gasteiger partial charge in [0.1, 0.15) is 17.8 Å². The minimum atomic E-state index is -1.19. The van der Waals surface area contributed by atoms with Gasteiger partial charge in [-0.05, 0) is 137 Å². The van der Waals surface area contributed by atoms with Crippen molar-refractivity contribution >= 4 is 24.0 Å². The predicted molar refractivity (Wildman–Crippen MR) is 300 cm³/mol. The number of methoxy groups -OCH3 is 2. The molecule has 80 heavy (non-hydrogen) atoms. The predicted octanol–water partition coefficient (Wildman–Crippen LogP) is 8.61. The highest BCUT2D eigenvalue weighted by atomic mass is 16.7. The fraction of sp³-hybridized carbons (Fsp3) is 0.645. The second-order valence-corrected chi connectivity index (χ2v) is 24.0. The molecule has 3 saturated heterocycles. The Morgan fingerprint density at radius 1 is 0.825 bits per heavy atom. The maximum atomic E-state index is 14.6. The number of nitrogens with zero attached hydrogens (tertiary/aromatic N) is 2. The van der Waals surface area contributed by atoms with Crippen LogP contribution in [0.1, 0.15) is 128 Å². The van der Waals surface area contributed by atoms with E-state index in [1.165, 1.54) is 0 Å². The van der Waals surface area contributed by atoms with Gasteiger partial charge in [-0.1, -0.05) is 80.6 Å². The van der Waals surface area contributed by atoms with E-state index in [-0.39, 0.29) is 43.8 Å². The number of aliphatic hydroxyl groups is 1. The van der Waals surface area contributed by atoms with Crippen molar-refractivity contribution in [3.8, 4) is 0 Å². The molecule has 6 rings (SSSR count). The van der Waals surface area contributed by atoms with Crippen molar-refractivity contribution in [2.75, 3.05) is 54.6 Å². The first-order chi connectivity index (χ1) is 37.8. The zero-order valence-electron chi connectivity index (χ0n) is 49.7. The number of nitrogens with one attached hydrogen (secondary N) is 1. The zero-order chi connectivity index (χ0) is 58.6. The van der Waals surface area contributed by atoms with Gasteiger partial charge in [-0.15, -0.1) is 0 Å². The third kappa shape index (κ3) is 16.8. The lowest BCUT2D eigenvalue weighted by Crippen LogP contribution is -2.62. The van der Waals surface area contributed by atoms with Crippen LogP contribution >= 0.6 is 0 Å². The van der Waals surface area contributed by atoms with Crippen LogP contribution in [0.4, 0.5) is 4.79 Å². The van der Waals surface area contributed by atoms with E-state index in [2.05, 4.69) is 12.2 Å². The summed E-state index contributed by atoms with van der Waals surface area (Å²) in [4.78, 5) is 58.9. The van der Waals surface area contributed by atoms with Crippen LogP contribution in [0.5, 0.6) is 0 Å². The molecule has 0 spiro atoms. The molecular formula is C62H91N3O15. The third-order valence-corrected chi connectivity index (χ3v) is 16.2. The first-order valence-electron chi connectivity index (χ1n) is 28.3. The first kappa shape index (κ1) is 64.2. The highest BCUT2D eigenvalue weighted by Crippen LogP contribution is 2.42. The summed E-state index contributed by atoms with van der Waals surface area (Å²) in [6, 6.07) is 26.5. The molecule has 0 aliphatic carbocycles. The number of amides is 1. The van der Waals surface area contributed by atoms with E-state index in [0.717, 1.165) is 5.56 Å². The molecule has 18 heteroatoms. The lowest BCUT2D eigenvalue weighted by atomic mass is 9.77. The third-order valence-electron chi connectivity index (χ3n) is 16.2. The quantitative estimate of drug-likeness (QED) is 0.0638. The lowest BCUT2D eigenvalue weighted by Gasteiger charge is -2.50. The first-order valence-corrected chi connectivity index (χ1v) is 28.3. The number of ether oxygens (including phenoxy) is 10. The van der Waals surface area contributed by atoms with Crippen molar-refractivity contribution in [2.24, 2.45) is 17.8 Å². The summed E-state index contributed by atoms with van der Waals surface area (Å²) in [5.74, 6) is -3.44. The van der Waals surface area contributed by atoms with Gasteiger partial charge in [0.15, 0.2) is 24.8 Å². The maximum absolute atomic E-state index is 14.6. The second kappa shape index (κ2) is 28.3. The van der Waals surface area contributed by atoms with Gasteiger partial charge in [0.2, 0.25) is 0 Å². The number of benzene rings is 3. The number of hydrogen-bond donors (Lipinski definition) is 2. The molecule has 2 N–H and O–H groups in total. The van der Waals surface area contributed by atoms with Crippen molar-refractivity contribution in [3.05, 3.63) is 108 Å². The molecule has 0 saturated carbocycles. The van der Waals surface area contributed by atoms with Crippen LogP contribution in [-0.2, 0) is 58.8 Å².